The summed E-state index contributed by atoms with van der Waals surface area (Å²) in [5.41, 5.74) is -0.956. The van der Waals surface area contributed by atoms with Crippen LogP contribution in [0.5, 0.6) is 5.88 Å². The molecule has 1 aromatic heterocycles. The zero-order chi connectivity index (χ0) is 22.4. The maximum atomic E-state index is 15.2. The maximum Gasteiger partial charge on any atom is 0.253 e. The summed E-state index contributed by atoms with van der Waals surface area (Å²) in [6.45, 7) is 1.15. The molecule has 0 spiro atoms. The van der Waals surface area contributed by atoms with Gasteiger partial charge in [-0.15, -0.1) is 0 Å². The summed E-state index contributed by atoms with van der Waals surface area (Å²) in [4.78, 5) is 20.5. The molecule has 0 unspecified atom stereocenters. The Bertz CT molecular complexity index is 902. The SMILES string of the molecule is CN(C)c1cccc(OCCCCC2(F)CCN(C(=O)c3ccc(F)c(Cl)c3)CC2)n1. The standard InChI is InChI=1S/C23H28ClF2N3O2/c1-28(2)20-6-5-7-21(27-20)31-15-4-3-10-23(26)11-13-29(14-12-23)22(30)17-8-9-19(25)18(24)16-17/h5-9,16H,3-4,10-15H2,1-2H3. The largest absolute Gasteiger partial charge is 0.478 e. The molecule has 1 fully saturated rings. The van der Waals surface area contributed by atoms with Gasteiger partial charge in [0.2, 0.25) is 5.88 Å². The summed E-state index contributed by atoms with van der Waals surface area (Å²) in [6.07, 6.45) is 2.45. The summed E-state index contributed by atoms with van der Waals surface area (Å²) >= 11 is 5.76. The van der Waals surface area contributed by atoms with Crippen LogP contribution < -0.4 is 9.64 Å². The number of alkyl halides is 1. The lowest BCUT2D eigenvalue weighted by Gasteiger charge is -2.36. The molecule has 31 heavy (non-hydrogen) atoms. The number of nitrogens with zero attached hydrogens (tertiary/aromatic N) is 3. The predicted molar refractivity (Wildman–Crippen MR) is 118 cm³/mol. The molecular weight excluding hydrogens is 424 g/mol. The lowest BCUT2D eigenvalue weighted by atomic mass is 9.88. The number of halogens is 3. The molecule has 0 aliphatic carbocycles. The number of anilines is 1. The minimum Gasteiger partial charge on any atom is -0.478 e. The number of ether oxygens (including phenoxy) is 1. The van der Waals surface area contributed by atoms with Gasteiger partial charge in [0.1, 0.15) is 17.3 Å². The first-order valence-electron chi connectivity index (χ1n) is 10.5. The summed E-state index contributed by atoms with van der Waals surface area (Å²) in [5.74, 6) is 0.577. The van der Waals surface area contributed by atoms with Crippen LogP contribution in [0.2, 0.25) is 5.02 Å². The Labute approximate surface area is 187 Å². The van der Waals surface area contributed by atoms with Crippen LogP contribution in [0.1, 0.15) is 42.5 Å². The molecule has 168 valence electrons. The first-order chi connectivity index (χ1) is 14.8. The zero-order valence-corrected chi connectivity index (χ0v) is 18.7. The number of piperidine rings is 1. The number of hydrogen-bond donors (Lipinski definition) is 0. The maximum absolute atomic E-state index is 15.2. The van der Waals surface area contributed by atoms with Crippen molar-refractivity contribution in [3.63, 3.8) is 0 Å². The molecule has 3 rings (SSSR count). The third kappa shape index (κ3) is 6.29. The minimum absolute atomic E-state index is 0.0893. The third-order valence-corrected chi connectivity index (χ3v) is 5.84. The molecule has 1 saturated heterocycles. The molecule has 5 nitrogen and oxygen atoms in total. The second-order valence-electron chi connectivity index (χ2n) is 8.11. The van der Waals surface area contributed by atoms with E-state index in [1.54, 1.807) is 4.90 Å². The summed E-state index contributed by atoms with van der Waals surface area (Å²) in [5, 5.41) is -0.0893. The Morgan fingerprint density at radius 2 is 1.97 bits per heavy atom. The average molecular weight is 452 g/mol. The highest BCUT2D eigenvalue weighted by Crippen LogP contribution is 2.32. The quantitative estimate of drug-likeness (QED) is 0.522. The molecule has 2 aromatic rings. The summed E-state index contributed by atoms with van der Waals surface area (Å²) in [7, 11) is 3.83. The highest BCUT2D eigenvalue weighted by atomic mass is 35.5. The van der Waals surface area contributed by atoms with E-state index in [-0.39, 0.29) is 10.9 Å². The van der Waals surface area contributed by atoms with Gasteiger partial charge in [0, 0.05) is 38.8 Å². The van der Waals surface area contributed by atoms with Crippen molar-refractivity contribution in [2.75, 3.05) is 38.7 Å². The molecule has 1 aliphatic rings. The van der Waals surface area contributed by atoms with Crippen molar-refractivity contribution in [3.05, 3.63) is 52.8 Å². The highest BCUT2D eigenvalue weighted by Gasteiger charge is 2.35. The van der Waals surface area contributed by atoms with Gasteiger partial charge in [0.15, 0.2) is 0 Å². The van der Waals surface area contributed by atoms with Gasteiger partial charge in [-0.3, -0.25) is 4.79 Å². The van der Waals surface area contributed by atoms with Gasteiger partial charge < -0.3 is 14.5 Å². The third-order valence-electron chi connectivity index (χ3n) is 5.55. The second kappa shape index (κ2) is 10.3. The van der Waals surface area contributed by atoms with Crippen LogP contribution in [0.15, 0.2) is 36.4 Å². The average Bonchev–Trinajstić information content (AvgIpc) is 2.75. The molecule has 0 N–H and O–H groups in total. The Morgan fingerprint density at radius 3 is 2.65 bits per heavy atom. The fourth-order valence-electron chi connectivity index (χ4n) is 3.63. The predicted octanol–water partition coefficient (Wildman–Crippen LogP) is 5.13. The van der Waals surface area contributed by atoms with E-state index in [4.69, 9.17) is 16.3 Å². The summed E-state index contributed by atoms with van der Waals surface area (Å²) < 4.78 is 34.1. The molecule has 0 saturated carbocycles. The number of hydrogen-bond acceptors (Lipinski definition) is 4. The lowest BCUT2D eigenvalue weighted by Crippen LogP contribution is -2.44. The Hall–Kier alpha value is -2.41. The van der Waals surface area contributed by atoms with Crippen molar-refractivity contribution in [1.82, 2.24) is 9.88 Å². The van der Waals surface area contributed by atoms with Crippen molar-refractivity contribution in [2.45, 2.75) is 37.8 Å². The second-order valence-corrected chi connectivity index (χ2v) is 8.51. The zero-order valence-electron chi connectivity index (χ0n) is 17.9. The first kappa shape index (κ1) is 23.3. The monoisotopic (exact) mass is 451 g/mol. The number of likely N-dealkylation sites (tertiary alicyclic amines) is 1. The van der Waals surface area contributed by atoms with Crippen molar-refractivity contribution in [2.24, 2.45) is 0 Å². The molecule has 1 aromatic carbocycles. The van der Waals surface area contributed by atoms with Crippen LogP contribution in [-0.2, 0) is 0 Å². The smallest absolute Gasteiger partial charge is 0.253 e. The van der Waals surface area contributed by atoms with Crippen molar-refractivity contribution >= 4 is 23.3 Å². The van der Waals surface area contributed by atoms with Gasteiger partial charge in [-0.2, -0.15) is 4.98 Å². The van der Waals surface area contributed by atoms with E-state index in [1.807, 2.05) is 37.2 Å². The van der Waals surface area contributed by atoms with Gasteiger partial charge in [-0.25, -0.2) is 8.78 Å². The number of rotatable bonds is 8. The lowest BCUT2D eigenvalue weighted by molar-refractivity contribution is 0.0382. The molecule has 1 aliphatic heterocycles. The summed E-state index contributed by atoms with van der Waals surface area (Å²) in [6, 6.07) is 9.51. The van der Waals surface area contributed by atoms with E-state index in [0.29, 0.717) is 56.8 Å². The van der Waals surface area contributed by atoms with E-state index < -0.39 is 11.5 Å². The molecule has 2 heterocycles. The molecule has 8 heteroatoms. The van der Waals surface area contributed by atoms with Crippen LogP contribution >= 0.6 is 11.6 Å². The van der Waals surface area contributed by atoms with Crippen LogP contribution in [-0.4, -0.2) is 55.3 Å². The van der Waals surface area contributed by atoms with E-state index in [1.165, 1.54) is 18.2 Å². The topological polar surface area (TPSA) is 45.7 Å². The van der Waals surface area contributed by atoms with E-state index >= 15 is 4.39 Å². The van der Waals surface area contributed by atoms with Gasteiger partial charge in [-0.1, -0.05) is 17.7 Å². The molecule has 1 amide bonds. The minimum atomic E-state index is -1.28. The Morgan fingerprint density at radius 1 is 1.23 bits per heavy atom. The fraction of sp³-hybridized carbons (Fsp3) is 0.478. The molecular formula is C23H28ClF2N3O2. The normalized spacial score (nSPS) is 15.6. The van der Waals surface area contributed by atoms with Crippen molar-refractivity contribution in [1.29, 1.82) is 0 Å². The van der Waals surface area contributed by atoms with Gasteiger partial charge >= 0.3 is 0 Å². The van der Waals surface area contributed by atoms with Crippen LogP contribution in [0.25, 0.3) is 0 Å². The van der Waals surface area contributed by atoms with Crippen LogP contribution in [0.4, 0.5) is 14.6 Å². The number of carbonyl (C=O) groups is 1. The Balaban J connectivity index is 1.40. The Kier molecular flexibility index (Phi) is 7.70. The number of amides is 1. The molecule has 0 radical (unpaired) electrons. The highest BCUT2D eigenvalue weighted by molar-refractivity contribution is 6.31. The number of unbranched alkanes of at least 4 members (excludes halogenated alkanes) is 1. The number of aromatic nitrogens is 1. The van der Waals surface area contributed by atoms with Crippen molar-refractivity contribution in [3.8, 4) is 5.88 Å². The number of pyridine rings is 1. The fourth-order valence-corrected chi connectivity index (χ4v) is 3.81. The molecule has 0 atom stereocenters. The first-order valence-corrected chi connectivity index (χ1v) is 10.9. The van der Waals surface area contributed by atoms with Crippen LogP contribution in [0.3, 0.4) is 0 Å². The van der Waals surface area contributed by atoms with E-state index in [2.05, 4.69) is 4.98 Å². The van der Waals surface area contributed by atoms with E-state index in [0.717, 1.165) is 12.2 Å². The molecule has 0 bridgehead atoms. The van der Waals surface area contributed by atoms with E-state index in [9.17, 15) is 9.18 Å². The van der Waals surface area contributed by atoms with Gasteiger partial charge in [-0.05, 0) is 56.4 Å². The van der Waals surface area contributed by atoms with Crippen LogP contribution in [0, 0.1) is 5.82 Å². The van der Waals surface area contributed by atoms with Gasteiger partial charge in [0.05, 0.1) is 11.6 Å². The van der Waals surface area contributed by atoms with Gasteiger partial charge in [0.25, 0.3) is 5.91 Å². The number of benzene rings is 1. The van der Waals surface area contributed by atoms with Crippen molar-refractivity contribution < 1.29 is 18.3 Å². The number of carbonyl (C=O) groups excluding carboxylic acids is 1.